The van der Waals surface area contributed by atoms with E-state index in [1.807, 2.05) is 6.92 Å². The van der Waals surface area contributed by atoms with Crippen LogP contribution in [0.1, 0.15) is 5.82 Å². The molecule has 0 atom stereocenters. The molecule has 17 heavy (non-hydrogen) atoms. The Morgan fingerprint density at radius 3 is 3.00 bits per heavy atom. The van der Waals surface area contributed by atoms with Gasteiger partial charge in [0.1, 0.15) is 12.4 Å². The van der Waals surface area contributed by atoms with Crippen LogP contribution in [0, 0.1) is 6.92 Å². The zero-order valence-corrected chi connectivity index (χ0v) is 9.55. The number of nitrogens with two attached hydrogens (primary N) is 1. The third kappa shape index (κ3) is 2.84. The van der Waals surface area contributed by atoms with Crippen molar-refractivity contribution in [3.8, 4) is 0 Å². The van der Waals surface area contributed by atoms with Crippen LogP contribution in [0.15, 0.2) is 36.7 Å². The van der Waals surface area contributed by atoms with Crippen LogP contribution in [0.5, 0.6) is 0 Å². The van der Waals surface area contributed by atoms with Crippen LogP contribution in [-0.2, 0) is 11.3 Å². The van der Waals surface area contributed by atoms with E-state index in [9.17, 15) is 4.79 Å². The number of nitrogens with zero attached hydrogens (tertiary/aromatic N) is 2. The molecular formula is C12H14N4O. The Hall–Kier alpha value is -2.30. The molecule has 0 saturated carbocycles. The van der Waals surface area contributed by atoms with E-state index in [-0.39, 0.29) is 12.5 Å². The topological polar surface area (TPSA) is 72.9 Å². The number of nitrogen functional groups attached to an aromatic ring is 1. The highest BCUT2D eigenvalue weighted by Gasteiger charge is 2.05. The fraction of sp³-hybridized carbons (Fsp3) is 0.167. The van der Waals surface area contributed by atoms with Crippen molar-refractivity contribution in [1.29, 1.82) is 0 Å². The fourth-order valence-electron chi connectivity index (χ4n) is 1.54. The van der Waals surface area contributed by atoms with Crippen LogP contribution in [0.2, 0.25) is 0 Å². The first kappa shape index (κ1) is 11.2. The summed E-state index contributed by atoms with van der Waals surface area (Å²) in [7, 11) is 0. The molecule has 0 aliphatic carbocycles. The average Bonchev–Trinajstić information content (AvgIpc) is 2.64. The molecule has 2 rings (SSSR count). The van der Waals surface area contributed by atoms with Crippen molar-refractivity contribution in [3.05, 3.63) is 42.5 Å². The Morgan fingerprint density at radius 1 is 1.53 bits per heavy atom. The summed E-state index contributed by atoms with van der Waals surface area (Å²) in [6, 6.07) is 7.09. The lowest BCUT2D eigenvalue weighted by atomic mass is 10.3. The Labute approximate surface area is 99.3 Å². The molecule has 0 radical (unpaired) electrons. The SMILES string of the molecule is Cc1nccn1CC(=O)Nc1cccc(N)c1. The van der Waals surface area contributed by atoms with Crippen LogP contribution in [0.4, 0.5) is 11.4 Å². The van der Waals surface area contributed by atoms with E-state index in [4.69, 9.17) is 5.73 Å². The Kier molecular flexibility index (Phi) is 3.09. The minimum atomic E-state index is -0.100. The van der Waals surface area contributed by atoms with E-state index in [2.05, 4.69) is 10.3 Å². The summed E-state index contributed by atoms with van der Waals surface area (Å²) in [4.78, 5) is 15.8. The van der Waals surface area contributed by atoms with Gasteiger partial charge in [0, 0.05) is 23.8 Å². The van der Waals surface area contributed by atoms with Gasteiger partial charge in [-0.2, -0.15) is 0 Å². The van der Waals surface area contributed by atoms with Crippen LogP contribution < -0.4 is 11.1 Å². The lowest BCUT2D eigenvalue weighted by Gasteiger charge is -2.07. The summed E-state index contributed by atoms with van der Waals surface area (Å²) in [5.41, 5.74) is 6.96. The Morgan fingerprint density at radius 2 is 2.35 bits per heavy atom. The van der Waals surface area contributed by atoms with Gasteiger partial charge in [-0.1, -0.05) is 6.07 Å². The molecule has 5 heteroatoms. The summed E-state index contributed by atoms with van der Waals surface area (Å²) in [5, 5.41) is 2.78. The van der Waals surface area contributed by atoms with Gasteiger partial charge in [0.15, 0.2) is 0 Å². The van der Waals surface area contributed by atoms with Crippen molar-refractivity contribution in [2.75, 3.05) is 11.1 Å². The number of aryl methyl sites for hydroxylation is 1. The van der Waals surface area contributed by atoms with Crippen LogP contribution in [0.3, 0.4) is 0 Å². The van der Waals surface area contributed by atoms with Gasteiger partial charge in [0.2, 0.25) is 5.91 Å². The molecular weight excluding hydrogens is 216 g/mol. The molecule has 0 aliphatic rings. The first-order valence-electron chi connectivity index (χ1n) is 5.28. The third-order valence-corrected chi connectivity index (χ3v) is 2.41. The van der Waals surface area contributed by atoms with Crippen molar-refractivity contribution in [2.45, 2.75) is 13.5 Å². The smallest absolute Gasteiger partial charge is 0.244 e. The van der Waals surface area contributed by atoms with Crippen molar-refractivity contribution >= 4 is 17.3 Å². The maximum absolute atomic E-state index is 11.7. The van der Waals surface area contributed by atoms with Gasteiger partial charge in [0.25, 0.3) is 0 Å². The van der Waals surface area contributed by atoms with Crippen molar-refractivity contribution < 1.29 is 4.79 Å². The zero-order valence-electron chi connectivity index (χ0n) is 9.55. The molecule has 2 aromatic rings. The van der Waals surface area contributed by atoms with E-state index < -0.39 is 0 Å². The van der Waals surface area contributed by atoms with Gasteiger partial charge in [-0.05, 0) is 25.1 Å². The number of rotatable bonds is 3. The van der Waals surface area contributed by atoms with E-state index in [1.54, 1.807) is 41.2 Å². The lowest BCUT2D eigenvalue weighted by Crippen LogP contribution is -2.19. The van der Waals surface area contributed by atoms with Gasteiger partial charge >= 0.3 is 0 Å². The standard InChI is InChI=1S/C12H14N4O/c1-9-14-5-6-16(9)8-12(17)15-11-4-2-3-10(13)7-11/h2-7H,8,13H2,1H3,(H,15,17). The summed E-state index contributed by atoms with van der Waals surface area (Å²) in [5.74, 6) is 0.712. The molecule has 5 nitrogen and oxygen atoms in total. The van der Waals surface area contributed by atoms with Crippen LogP contribution >= 0.6 is 0 Å². The van der Waals surface area contributed by atoms with E-state index in [1.165, 1.54) is 0 Å². The molecule has 0 saturated heterocycles. The first-order valence-corrected chi connectivity index (χ1v) is 5.28. The maximum Gasteiger partial charge on any atom is 0.244 e. The second-order valence-electron chi connectivity index (χ2n) is 3.78. The largest absolute Gasteiger partial charge is 0.399 e. The quantitative estimate of drug-likeness (QED) is 0.783. The second-order valence-corrected chi connectivity index (χ2v) is 3.78. The van der Waals surface area contributed by atoms with Gasteiger partial charge < -0.3 is 15.6 Å². The van der Waals surface area contributed by atoms with Crippen molar-refractivity contribution in [2.24, 2.45) is 0 Å². The normalized spacial score (nSPS) is 10.2. The van der Waals surface area contributed by atoms with Gasteiger partial charge in [-0.3, -0.25) is 4.79 Å². The summed E-state index contributed by atoms with van der Waals surface area (Å²) in [6.45, 7) is 2.11. The van der Waals surface area contributed by atoms with Crippen LogP contribution in [0.25, 0.3) is 0 Å². The number of hydrogen-bond acceptors (Lipinski definition) is 3. The number of aromatic nitrogens is 2. The monoisotopic (exact) mass is 230 g/mol. The van der Waals surface area contributed by atoms with Crippen LogP contribution in [-0.4, -0.2) is 15.5 Å². The number of imidazole rings is 1. The highest BCUT2D eigenvalue weighted by molar-refractivity contribution is 5.91. The summed E-state index contributed by atoms with van der Waals surface area (Å²) in [6.07, 6.45) is 3.44. The van der Waals surface area contributed by atoms with Gasteiger partial charge in [0.05, 0.1) is 0 Å². The minimum absolute atomic E-state index is 0.100. The lowest BCUT2D eigenvalue weighted by molar-refractivity contribution is -0.116. The zero-order chi connectivity index (χ0) is 12.3. The second kappa shape index (κ2) is 4.69. The number of hydrogen-bond donors (Lipinski definition) is 2. The molecule has 0 bridgehead atoms. The number of carbonyl (C=O) groups is 1. The van der Waals surface area contributed by atoms with Gasteiger partial charge in [-0.15, -0.1) is 0 Å². The number of carbonyl (C=O) groups excluding carboxylic acids is 1. The number of amides is 1. The minimum Gasteiger partial charge on any atom is -0.399 e. The highest BCUT2D eigenvalue weighted by Crippen LogP contribution is 2.11. The predicted molar refractivity (Wildman–Crippen MR) is 66.4 cm³/mol. The highest BCUT2D eigenvalue weighted by atomic mass is 16.1. The number of nitrogens with one attached hydrogen (secondary N) is 1. The first-order chi connectivity index (χ1) is 8.15. The fourth-order valence-corrected chi connectivity index (χ4v) is 1.54. The molecule has 1 aromatic carbocycles. The summed E-state index contributed by atoms with van der Waals surface area (Å²) < 4.78 is 1.78. The molecule has 0 spiro atoms. The van der Waals surface area contributed by atoms with E-state index >= 15 is 0 Å². The van der Waals surface area contributed by atoms with Crippen molar-refractivity contribution in [3.63, 3.8) is 0 Å². The predicted octanol–water partition coefficient (Wildman–Crippen LogP) is 1.41. The molecule has 1 aromatic heterocycles. The molecule has 0 fully saturated rings. The molecule has 88 valence electrons. The third-order valence-electron chi connectivity index (χ3n) is 2.41. The van der Waals surface area contributed by atoms with E-state index in [0.29, 0.717) is 11.4 Å². The van der Waals surface area contributed by atoms with Crippen molar-refractivity contribution in [1.82, 2.24) is 9.55 Å². The number of benzene rings is 1. The molecule has 0 aliphatic heterocycles. The summed E-state index contributed by atoms with van der Waals surface area (Å²) >= 11 is 0. The Bertz CT molecular complexity index is 533. The van der Waals surface area contributed by atoms with E-state index in [0.717, 1.165) is 5.82 Å². The van der Waals surface area contributed by atoms with Gasteiger partial charge in [-0.25, -0.2) is 4.98 Å². The number of anilines is 2. The molecule has 3 N–H and O–H groups in total. The molecule has 0 unspecified atom stereocenters. The maximum atomic E-state index is 11.7. The molecule has 1 amide bonds. The average molecular weight is 230 g/mol. The molecule has 1 heterocycles. The Balaban J connectivity index is 2.01.